The molecule has 5 nitrogen and oxygen atoms in total. The first-order chi connectivity index (χ1) is 15.5. The summed E-state index contributed by atoms with van der Waals surface area (Å²) in [4.78, 5) is 24.9. The smallest absolute Gasteiger partial charge is 0.480 e. The van der Waals surface area contributed by atoms with Gasteiger partial charge in [-0.1, -0.05) is 30.3 Å². The van der Waals surface area contributed by atoms with E-state index in [1.54, 1.807) is 36.3 Å². The Labute approximate surface area is 215 Å². The summed E-state index contributed by atoms with van der Waals surface area (Å²) in [6, 6.07) is 14.6. The maximum Gasteiger partial charge on any atom is 1.00 e. The van der Waals surface area contributed by atoms with E-state index in [4.69, 9.17) is 4.74 Å². The van der Waals surface area contributed by atoms with Gasteiger partial charge in [-0.3, -0.25) is 4.79 Å². The fourth-order valence-corrected chi connectivity index (χ4v) is 4.78. The van der Waals surface area contributed by atoms with Gasteiger partial charge in [-0.15, -0.1) is 0 Å². The number of amides is 1. The Hall–Kier alpha value is -2.01. The number of aliphatic carboxylic acids is 1. The number of carboxylic acids is 1. The van der Waals surface area contributed by atoms with Crippen molar-refractivity contribution >= 4 is 35.0 Å². The van der Waals surface area contributed by atoms with E-state index in [1.165, 1.54) is 0 Å². The molecule has 2 unspecified atom stereocenters. The van der Waals surface area contributed by atoms with Crippen molar-refractivity contribution in [3.63, 3.8) is 0 Å². The minimum absolute atomic E-state index is 0. The molecule has 1 amide bonds. The Balaban J connectivity index is 0.00000385. The van der Waals surface area contributed by atoms with Crippen LogP contribution in [0.1, 0.15) is 39.6 Å². The van der Waals surface area contributed by atoms with Gasteiger partial charge in [-0.2, -0.15) is 23.1 Å². The van der Waals surface area contributed by atoms with Gasteiger partial charge in [0.15, 0.2) is 0 Å². The average Bonchev–Trinajstić information content (AvgIpc) is 3.31. The monoisotopic (exact) mass is 476 g/mol. The Morgan fingerprint density at radius 3 is 2.48 bits per heavy atom. The molecule has 3 rings (SSSR count). The fraction of sp³-hybridized carbons (Fsp3) is 0.280. The number of rotatable bonds is 10. The van der Waals surface area contributed by atoms with Gasteiger partial charge < -0.3 is 15.2 Å². The number of thiophene rings is 1. The third kappa shape index (κ3) is 6.75. The molecule has 2 N–H and O–H groups in total. The third-order valence-corrected chi connectivity index (χ3v) is 6.67. The van der Waals surface area contributed by atoms with Crippen LogP contribution in [0.15, 0.2) is 59.3 Å². The Bertz CT molecular complexity index is 1070. The van der Waals surface area contributed by atoms with Gasteiger partial charge in [0.25, 0.3) is 5.91 Å². The summed E-state index contributed by atoms with van der Waals surface area (Å²) < 4.78 is 5.77. The van der Waals surface area contributed by atoms with Crippen molar-refractivity contribution in [3.05, 3.63) is 81.5 Å². The summed E-state index contributed by atoms with van der Waals surface area (Å²) in [7, 11) is 1.67. The van der Waals surface area contributed by atoms with Crippen LogP contribution in [0.4, 0.5) is 0 Å². The van der Waals surface area contributed by atoms with Crippen molar-refractivity contribution in [1.29, 1.82) is 0 Å². The van der Waals surface area contributed by atoms with Crippen molar-refractivity contribution in [1.82, 2.24) is 5.32 Å². The van der Waals surface area contributed by atoms with Crippen molar-refractivity contribution in [3.8, 4) is 11.1 Å². The zero-order valence-electron chi connectivity index (χ0n) is 19.3. The molecule has 0 radical (unpaired) electrons. The van der Waals surface area contributed by atoms with Gasteiger partial charge in [-0.05, 0) is 82.1 Å². The molecule has 0 aliphatic rings. The molecule has 1 aromatic heterocycles. The van der Waals surface area contributed by atoms with Gasteiger partial charge in [0, 0.05) is 12.7 Å². The molecule has 8 heteroatoms. The molecule has 0 aliphatic carbocycles. The van der Waals surface area contributed by atoms with Crippen molar-refractivity contribution < 1.29 is 38.3 Å². The van der Waals surface area contributed by atoms with E-state index in [1.807, 2.05) is 66.4 Å². The summed E-state index contributed by atoms with van der Waals surface area (Å²) in [6.45, 7) is 1.99. The summed E-state index contributed by atoms with van der Waals surface area (Å²) in [5.41, 5.74) is 5.13. The van der Waals surface area contributed by atoms with E-state index in [-0.39, 0.29) is 25.0 Å². The standard InChI is InChI=1S/C25H27NO4S2.Li/c1-16-6-4-5-7-19(16)21-14-17(23(30-2)18-10-13-32-15-18)8-9-20(21)24(27)26-22(25(28)29)11-12-31-3;/h4-10,13-15,22-23H,11-12H2,1-3H3,(H,26,27)(H,28,29);/q;+1. The first-order valence-corrected chi connectivity index (χ1v) is 12.6. The van der Waals surface area contributed by atoms with Crippen LogP contribution in [0.3, 0.4) is 0 Å². The number of carbonyl (C=O) groups excluding carboxylic acids is 1. The number of hydrogen-bond acceptors (Lipinski definition) is 5. The first-order valence-electron chi connectivity index (χ1n) is 10.2. The quantitative estimate of drug-likeness (QED) is 0.440. The minimum atomic E-state index is -1.03. The normalized spacial score (nSPS) is 12.5. The molecule has 1 heterocycles. The molecule has 168 valence electrons. The van der Waals surface area contributed by atoms with Gasteiger partial charge >= 0.3 is 24.8 Å². The molecule has 33 heavy (non-hydrogen) atoms. The van der Waals surface area contributed by atoms with E-state index in [0.29, 0.717) is 17.7 Å². The van der Waals surface area contributed by atoms with Crippen LogP contribution >= 0.6 is 23.1 Å². The Morgan fingerprint density at radius 1 is 1.12 bits per heavy atom. The largest absolute Gasteiger partial charge is 1.00 e. The molecule has 0 spiro atoms. The fourth-order valence-electron chi connectivity index (χ4n) is 3.64. The third-order valence-electron chi connectivity index (χ3n) is 5.32. The molecule has 0 saturated carbocycles. The number of carboxylic acid groups (broad SMARTS) is 1. The van der Waals surface area contributed by atoms with Crippen LogP contribution in [-0.2, 0) is 9.53 Å². The van der Waals surface area contributed by atoms with Crippen molar-refractivity contribution in [2.24, 2.45) is 0 Å². The maximum atomic E-state index is 13.2. The maximum absolute atomic E-state index is 13.2. The molecule has 0 bridgehead atoms. The topological polar surface area (TPSA) is 75.6 Å². The summed E-state index contributed by atoms with van der Waals surface area (Å²) in [5, 5.41) is 16.3. The summed E-state index contributed by atoms with van der Waals surface area (Å²) in [5.74, 6) is -0.775. The predicted molar refractivity (Wildman–Crippen MR) is 132 cm³/mol. The zero-order valence-corrected chi connectivity index (χ0v) is 21.0. The summed E-state index contributed by atoms with van der Waals surface area (Å²) >= 11 is 3.15. The van der Waals surface area contributed by atoms with Gasteiger partial charge in [0.05, 0.1) is 0 Å². The molecule has 0 saturated heterocycles. The molecule has 0 aliphatic heterocycles. The number of methoxy groups -OCH3 is 1. The van der Waals surface area contributed by atoms with Crippen LogP contribution in [-0.4, -0.2) is 42.1 Å². The molecule has 2 aromatic carbocycles. The minimum Gasteiger partial charge on any atom is -0.480 e. The van der Waals surface area contributed by atoms with Crippen LogP contribution in [0, 0.1) is 6.92 Å². The van der Waals surface area contributed by atoms with Crippen LogP contribution in [0.5, 0.6) is 0 Å². The Morgan fingerprint density at radius 2 is 1.88 bits per heavy atom. The van der Waals surface area contributed by atoms with Crippen molar-refractivity contribution in [2.75, 3.05) is 19.1 Å². The second-order valence-corrected chi connectivity index (χ2v) is 9.20. The predicted octanol–water partition coefficient (Wildman–Crippen LogP) is 2.40. The van der Waals surface area contributed by atoms with Crippen molar-refractivity contribution in [2.45, 2.75) is 25.5 Å². The molecule has 3 aromatic rings. The number of benzene rings is 2. The van der Waals surface area contributed by atoms with Gasteiger partial charge in [0.2, 0.25) is 0 Å². The van der Waals surface area contributed by atoms with Gasteiger partial charge in [0.1, 0.15) is 12.1 Å². The molecule has 2 atom stereocenters. The molecule has 0 fully saturated rings. The number of aryl methyl sites for hydroxylation is 1. The van der Waals surface area contributed by atoms with Gasteiger partial charge in [-0.25, -0.2) is 4.79 Å². The molecular formula is C25H27LiNO4S2+. The number of carbonyl (C=O) groups is 2. The van der Waals surface area contributed by atoms with Crippen LogP contribution in [0.2, 0.25) is 0 Å². The second kappa shape index (κ2) is 13.0. The second-order valence-electron chi connectivity index (χ2n) is 7.44. The average molecular weight is 477 g/mol. The van der Waals surface area contributed by atoms with E-state index in [9.17, 15) is 14.7 Å². The number of nitrogens with one attached hydrogen (secondary N) is 1. The van der Waals surface area contributed by atoms with Crippen LogP contribution < -0.4 is 24.2 Å². The van der Waals surface area contributed by atoms with E-state index in [0.717, 1.165) is 27.8 Å². The zero-order chi connectivity index (χ0) is 23.1. The molecular weight excluding hydrogens is 449 g/mol. The number of ether oxygens (including phenoxy) is 1. The Kier molecular flexibility index (Phi) is 10.7. The van der Waals surface area contributed by atoms with E-state index >= 15 is 0 Å². The number of thioether (sulfide) groups is 1. The van der Waals surface area contributed by atoms with E-state index in [2.05, 4.69) is 5.32 Å². The number of hydrogen-bond donors (Lipinski definition) is 2. The SMILES string of the molecule is COC(c1ccsc1)c1ccc(C(=O)NC(CCSC)C(=O)O)c(-c2ccccc2C)c1.[Li+]. The van der Waals surface area contributed by atoms with E-state index < -0.39 is 17.9 Å². The first kappa shape index (κ1) is 27.2. The summed E-state index contributed by atoms with van der Waals surface area (Å²) in [6.07, 6.45) is 2.02. The van der Waals surface area contributed by atoms with Crippen LogP contribution in [0.25, 0.3) is 11.1 Å².